The minimum absolute atomic E-state index is 0.0769. The summed E-state index contributed by atoms with van der Waals surface area (Å²) in [6, 6.07) is 4.79. The molecule has 0 amide bonds. The van der Waals surface area contributed by atoms with Gasteiger partial charge in [-0.3, -0.25) is 0 Å². The summed E-state index contributed by atoms with van der Waals surface area (Å²) in [5, 5.41) is 0. The van der Waals surface area contributed by atoms with Crippen molar-refractivity contribution in [3.8, 4) is 0 Å². The molecule has 0 aliphatic carbocycles. The summed E-state index contributed by atoms with van der Waals surface area (Å²) >= 11 is 3.28. The van der Waals surface area contributed by atoms with Crippen LogP contribution in [0.4, 0.5) is 4.39 Å². The number of nitrogens with two attached hydrogens (primary N) is 1. The maximum absolute atomic E-state index is 13.2. The molecule has 0 radical (unpaired) electrons. The van der Waals surface area contributed by atoms with E-state index in [4.69, 9.17) is 5.73 Å². The van der Waals surface area contributed by atoms with Gasteiger partial charge in [0.05, 0.1) is 0 Å². The summed E-state index contributed by atoms with van der Waals surface area (Å²) < 4.78 is 13.9. The number of rotatable bonds is 4. The third kappa shape index (κ3) is 3.28. The highest BCUT2D eigenvalue weighted by molar-refractivity contribution is 9.10. The van der Waals surface area contributed by atoms with Crippen molar-refractivity contribution in [1.29, 1.82) is 0 Å². The fourth-order valence-electron chi connectivity index (χ4n) is 1.84. The molecular formula is C12H17BrFN. The van der Waals surface area contributed by atoms with Crippen LogP contribution in [-0.4, -0.2) is 0 Å². The van der Waals surface area contributed by atoms with E-state index in [9.17, 15) is 4.39 Å². The Bertz CT molecular complexity index is 303. The molecule has 2 N–H and O–H groups in total. The molecular weight excluding hydrogens is 257 g/mol. The van der Waals surface area contributed by atoms with E-state index in [2.05, 4.69) is 29.8 Å². The van der Waals surface area contributed by atoms with Crippen molar-refractivity contribution in [1.82, 2.24) is 0 Å². The Morgan fingerprint density at radius 1 is 1.27 bits per heavy atom. The van der Waals surface area contributed by atoms with Gasteiger partial charge in [-0.1, -0.05) is 42.6 Å². The molecule has 0 aliphatic rings. The topological polar surface area (TPSA) is 26.0 Å². The highest BCUT2D eigenvalue weighted by Gasteiger charge is 2.16. The van der Waals surface area contributed by atoms with Crippen molar-refractivity contribution in [3.05, 3.63) is 34.1 Å². The first-order valence-corrected chi connectivity index (χ1v) is 6.09. The van der Waals surface area contributed by atoms with E-state index in [1.165, 1.54) is 12.1 Å². The molecule has 1 nitrogen and oxygen atoms in total. The maximum Gasteiger partial charge on any atom is 0.124 e. The smallest absolute Gasteiger partial charge is 0.124 e. The Morgan fingerprint density at radius 2 is 1.87 bits per heavy atom. The molecule has 0 saturated heterocycles. The zero-order valence-electron chi connectivity index (χ0n) is 9.13. The lowest BCUT2D eigenvalue weighted by molar-refractivity contribution is 0.404. The first-order valence-electron chi connectivity index (χ1n) is 5.30. The molecule has 0 aromatic heterocycles. The van der Waals surface area contributed by atoms with Crippen LogP contribution >= 0.6 is 15.9 Å². The van der Waals surface area contributed by atoms with Gasteiger partial charge in [-0.25, -0.2) is 4.39 Å². The van der Waals surface area contributed by atoms with Crippen LogP contribution in [0.3, 0.4) is 0 Å². The summed E-state index contributed by atoms with van der Waals surface area (Å²) in [5.74, 6) is 0.180. The fourth-order valence-corrected chi connectivity index (χ4v) is 2.32. The van der Waals surface area contributed by atoms with Crippen LogP contribution in [0.2, 0.25) is 0 Å². The van der Waals surface area contributed by atoms with Crippen LogP contribution in [0.1, 0.15) is 38.3 Å². The SMILES string of the molecule is CCC(CC)C(N)c1cc(F)cc(Br)c1. The van der Waals surface area contributed by atoms with Crippen molar-refractivity contribution in [2.24, 2.45) is 11.7 Å². The molecule has 1 atom stereocenters. The third-order valence-corrected chi connectivity index (χ3v) is 3.28. The first kappa shape index (κ1) is 12.7. The quantitative estimate of drug-likeness (QED) is 0.881. The molecule has 1 aromatic carbocycles. The third-order valence-electron chi connectivity index (χ3n) is 2.83. The van der Waals surface area contributed by atoms with Gasteiger partial charge in [0.15, 0.2) is 0 Å². The van der Waals surface area contributed by atoms with Gasteiger partial charge < -0.3 is 5.73 Å². The number of benzene rings is 1. The molecule has 84 valence electrons. The monoisotopic (exact) mass is 273 g/mol. The van der Waals surface area contributed by atoms with E-state index in [1.807, 2.05) is 6.07 Å². The lowest BCUT2D eigenvalue weighted by Crippen LogP contribution is -2.20. The normalized spacial score (nSPS) is 13.2. The fraction of sp³-hybridized carbons (Fsp3) is 0.500. The van der Waals surface area contributed by atoms with Gasteiger partial charge >= 0.3 is 0 Å². The average Bonchev–Trinajstić information content (AvgIpc) is 2.18. The summed E-state index contributed by atoms with van der Waals surface area (Å²) in [6.45, 7) is 4.23. The molecule has 1 aromatic rings. The minimum atomic E-state index is -0.235. The Hall–Kier alpha value is -0.410. The Morgan fingerprint density at radius 3 is 2.33 bits per heavy atom. The zero-order valence-corrected chi connectivity index (χ0v) is 10.7. The van der Waals surface area contributed by atoms with Gasteiger partial charge in [0.2, 0.25) is 0 Å². The highest BCUT2D eigenvalue weighted by Crippen LogP contribution is 2.27. The van der Waals surface area contributed by atoms with Gasteiger partial charge in [-0.15, -0.1) is 0 Å². The second-order valence-electron chi connectivity index (χ2n) is 3.81. The van der Waals surface area contributed by atoms with Gasteiger partial charge in [-0.2, -0.15) is 0 Å². The van der Waals surface area contributed by atoms with Crippen LogP contribution in [0.25, 0.3) is 0 Å². The van der Waals surface area contributed by atoms with E-state index < -0.39 is 0 Å². The van der Waals surface area contributed by atoms with E-state index >= 15 is 0 Å². The molecule has 3 heteroatoms. The van der Waals surface area contributed by atoms with Gasteiger partial charge in [0.1, 0.15) is 5.82 Å². The van der Waals surface area contributed by atoms with Crippen LogP contribution in [0.15, 0.2) is 22.7 Å². The van der Waals surface area contributed by atoms with E-state index in [-0.39, 0.29) is 11.9 Å². The molecule has 0 bridgehead atoms. The molecule has 0 aliphatic heterocycles. The number of hydrogen-bond acceptors (Lipinski definition) is 1. The summed E-state index contributed by atoms with van der Waals surface area (Å²) in [4.78, 5) is 0. The van der Waals surface area contributed by atoms with E-state index in [1.54, 1.807) is 0 Å². The Kier molecular flexibility index (Phi) is 4.74. The predicted molar refractivity (Wildman–Crippen MR) is 65.1 cm³/mol. The zero-order chi connectivity index (χ0) is 11.4. The summed E-state index contributed by atoms with van der Waals surface area (Å²) in [6.07, 6.45) is 2.04. The van der Waals surface area contributed by atoms with E-state index in [0.29, 0.717) is 5.92 Å². The van der Waals surface area contributed by atoms with Gasteiger partial charge in [0.25, 0.3) is 0 Å². The summed E-state index contributed by atoms with van der Waals surface area (Å²) in [7, 11) is 0. The molecule has 1 rings (SSSR count). The van der Waals surface area contributed by atoms with E-state index in [0.717, 1.165) is 22.9 Å². The maximum atomic E-state index is 13.2. The van der Waals surface area contributed by atoms with Crippen LogP contribution in [-0.2, 0) is 0 Å². The molecule has 0 fully saturated rings. The molecule has 15 heavy (non-hydrogen) atoms. The van der Waals surface area contributed by atoms with Crippen LogP contribution in [0, 0.1) is 11.7 Å². The second-order valence-corrected chi connectivity index (χ2v) is 4.72. The number of halogens is 2. The number of hydrogen-bond donors (Lipinski definition) is 1. The summed E-state index contributed by atoms with van der Waals surface area (Å²) in [5.41, 5.74) is 6.98. The van der Waals surface area contributed by atoms with Crippen molar-refractivity contribution in [2.75, 3.05) is 0 Å². The molecule has 0 spiro atoms. The Labute approximate surface area is 99.0 Å². The van der Waals surface area contributed by atoms with Crippen molar-refractivity contribution < 1.29 is 4.39 Å². The van der Waals surface area contributed by atoms with Crippen LogP contribution < -0.4 is 5.73 Å². The first-order chi connectivity index (χ1) is 7.08. The molecule has 1 unspecified atom stereocenters. The highest BCUT2D eigenvalue weighted by atomic mass is 79.9. The van der Waals surface area contributed by atoms with Crippen LogP contribution in [0.5, 0.6) is 0 Å². The van der Waals surface area contributed by atoms with Crippen molar-refractivity contribution >= 4 is 15.9 Å². The minimum Gasteiger partial charge on any atom is -0.324 e. The largest absolute Gasteiger partial charge is 0.324 e. The second kappa shape index (κ2) is 5.61. The van der Waals surface area contributed by atoms with Crippen molar-refractivity contribution in [2.45, 2.75) is 32.7 Å². The standard InChI is InChI=1S/C12H17BrFN/c1-3-8(4-2)12(15)9-5-10(13)7-11(14)6-9/h5-8,12H,3-4,15H2,1-2H3. The van der Waals surface area contributed by atoms with Gasteiger partial charge in [0, 0.05) is 10.5 Å². The Balaban J connectivity index is 2.94. The van der Waals surface area contributed by atoms with Crippen molar-refractivity contribution in [3.63, 3.8) is 0 Å². The average molecular weight is 274 g/mol. The predicted octanol–water partition coefficient (Wildman–Crippen LogP) is 4.02. The lowest BCUT2D eigenvalue weighted by atomic mass is 9.90. The van der Waals surface area contributed by atoms with Gasteiger partial charge in [-0.05, 0) is 29.7 Å². The molecule has 0 heterocycles. The molecule has 0 saturated carbocycles. The lowest BCUT2D eigenvalue weighted by Gasteiger charge is -2.21.